The molecule has 9 nitrogen and oxygen atoms in total. The van der Waals surface area contributed by atoms with Gasteiger partial charge in [0.1, 0.15) is 11.5 Å². The Hall–Kier alpha value is -4.27. The summed E-state index contributed by atoms with van der Waals surface area (Å²) in [4.78, 5) is 38.7. The van der Waals surface area contributed by atoms with Crippen LogP contribution in [-0.2, 0) is 13.0 Å². The summed E-state index contributed by atoms with van der Waals surface area (Å²) in [7, 11) is 6.13. The molecule has 1 aliphatic rings. The Morgan fingerprint density at radius 2 is 1.61 bits per heavy atom. The van der Waals surface area contributed by atoms with Crippen LogP contribution in [0.25, 0.3) is 5.65 Å². The van der Waals surface area contributed by atoms with Crippen molar-refractivity contribution in [1.82, 2.24) is 19.2 Å². The number of furan rings is 1. The molecule has 0 unspecified atom stereocenters. The minimum Gasteiger partial charge on any atom is -0.459 e. The van der Waals surface area contributed by atoms with Crippen LogP contribution in [0.15, 0.2) is 65.4 Å². The van der Waals surface area contributed by atoms with Crippen LogP contribution in [-0.4, -0.2) is 78.3 Å². The molecule has 2 amide bonds. The fraction of sp³-hybridized carbons (Fsp3) is 0.345. The van der Waals surface area contributed by atoms with Crippen molar-refractivity contribution < 1.29 is 14.0 Å². The molecule has 3 aromatic heterocycles. The fourth-order valence-electron chi connectivity index (χ4n) is 4.95. The van der Waals surface area contributed by atoms with Gasteiger partial charge in [0.2, 0.25) is 0 Å². The Bertz CT molecular complexity index is 1420. The standard InChI is InChI=1S/C29H34N6O3/c1-5-24-27(32(4)19-21-8-11-23(12-9-21)31(2)3)35-20-22(10-13-26(35)30-24)28(36)33-14-16-34(17-15-33)29(37)25-7-6-18-38-25/h6-13,18,20H,5,14-17,19H2,1-4H3. The number of carbonyl (C=O) groups is 2. The number of amides is 2. The van der Waals surface area contributed by atoms with Crippen LogP contribution in [0.1, 0.15) is 39.1 Å². The van der Waals surface area contributed by atoms with E-state index < -0.39 is 0 Å². The third-order valence-electron chi connectivity index (χ3n) is 7.06. The van der Waals surface area contributed by atoms with Crippen molar-refractivity contribution in [2.45, 2.75) is 19.9 Å². The Labute approximate surface area is 222 Å². The summed E-state index contributed by atoms with van der Waals surface area (Å²) in [5.74, 6) is 1.13. The van der Waals surface area contributed by atoms with Gasteiger partial charge in [-0.05, 0) is 48.4 Å². The normalized spacial score (nSPS) is 13.7. The van der Waals surface area contributed by atoms with Gasteiger partial charge < -0.3 is 24.0 Å². The number of pyridine rings is 1. The minimum absolute atomic E-state index is 0.0448. The molecule has 0 aliphatic carbocycles. The molecular formula is C29H34N6O3. The molecule has 0 spiro atoms. The summed E-state index contributed by atoms with van der Waals surface area (Å²) in [6.07, 6.45) is 4.18. The number of imidazole rings is 1. The lowest BCUT2D eigenvalue weighted by Crippen LogP contribution is -2.50. The van der Waals surface area contributed by atoms with Gasteiger partial charge in [0.25, 0.3) is 11.8 Å². The third-order valence-corrected chi connectivity index (χ3v) is 7.06. The van der Waals surface area contributed by atoms with E-state index in [2.05, 4.69) is 48.0 Å². The number of aryl methyl sites for hydroxylation is 1. The van der Waals surface area contributed by atoms with Gasteiger partial charge in [-0.15, -0.1) is 0 Å². The number of benzene rings is 1. The minimum atomic E-state index is -0.141. The molecule has 0 radical (unpaired) electrons. The van der Waals surface area contributed by atoms with Crippen LogP contribution in [0, 0.1) is 0 Å². The molecule has 0 atom stereocenters. The summed E-state index contributed by atoms with van der Waals surface area (Å²) in [6.45, 7) is 4.71. The molecule has 5 rings (SSSR count). The highest BCUT2D eigenvalue weighted by atomic mass is 16.3. The van der Waals surface area contributed by atoms with E-state index in [1.54, 1.807) is 21.9 Å². The first-order valence-corrected chi connectivity index (χ1v) is 13.0. The predicted octanol–water partition coefficient (Wildman–Crippen LogP) is 3.79. The Morgan fingerprint density at radius 3 is 2.21 bits per heavy atom. The van der Waals surface area contributed by atoms with Crippen LogP contribution in [0.2, 0.25) is 0 Å². The van der Waals surface area contributed by atoms with Crippen LogP contribution in [0.5, 0.6) is 0 Å². The second-order valence-electron chi connectivity index (χ2n) is 9.86. The van der Waals surface area contributed by atoms with E-state index in [-0.39, 0.29) is 11.8 Å². The number of hydrogen-bond donors (Lipinski definition) is 0. The zero-order valence-corrected chi connectivity index (χ0v) is 22.4. The molecule has 1 aromatic carbocycles. The average molecular weight is 515 g/mol. The second kappa shape index (κ2) is 10.6. The topological polar surface area (TPSA) is 77.5 Å². The predicted molar refractivity (Wildman–Crippen MR) is 148 cm³/mol. The molecule has 0 bridgehead atoms. The van der Waals surface area contributed by atoms with Crippen molar-refractivity contribution >= 4 is 29.0 Å². The lowest BCUT2D eigenvalue weighted by molar-refractivity contribution is 0.0518. The molecule has 0 saturated carbocycles. The average Bonchev–Trinajstić information content (AvgIpc) is 3.60. The number of anilines is 2. The highest BCUT2D eigenvalue weighted by molar-refractivity contribution is 5.95. The van der Waals surface area contributed by atoms with Gasteiger partial charge in [-0.1, -0.05) is 19.1 Å². The molecular weight excluding hydrogens is 480 g/mol. The van der Waals surface area contributed by atoms with Gasteiger partial charge in [-0.2, -0.15) is 0 Å². The van der Waals surface area contributed by atoms with Crippen molar-refractivity contribution in [3.63, 3.8) is 0 Å². The first-order valence-electron chi connectivity index (χ1n) is 13.0. The van der Waals surface area contributed by atoms with Crippen LogP contribution < -0.4 is 9.80 Å². The lowest BCUT2D eigenvalue weighted by Gasteiger charge is -2.34. The van der Waals surface area contributed by atoms with Gasteiger partial charge in [-0.3, -0.25) is 14.0 Å². The van der Waals surface area contributed by atoms with Crippen molar-refractivity contribution in [2.75, 3.05) is 57.1 Å². The van der Waals surface area contributed by atoms with Crippen molar-refractivity contribution in [3.05, 3.63) is 83.6 Å². The third kappa shape index (κ3) is 4.96. The van der Waals surface area contributed by atoms with Gasteiger partial charge >= 0.3 is 0 Å². The molecule has 4 aromatic rings. The number of piperazine rings is 1. The SMILES string of the molecule is CCc1nc2ccc(C(=O)N3CCN(C(=O)c4ccco4)CC3)cn2c1N(C)Cc1ccc(N(C)C)cc1. The smallest absolute Gasteiger partial charge is 0.289 e. The van der Waals surface area contributed by atoms with E-state index in [0.29, 0.717) is 37.5 Å². The number of hydrogen-bond acceptors (Lipinski definition) is 6. The molecule has 9 heteroatoms. The first-order chi connectivity index (χ1) is 18.4. The molecule has 0 N–H and O–H groups in total. The summed E-state index contributed by atoms with van der Waals surface area (Å²) in [5, 5.41) is 0. The second-order valence-corrected chi connectivity index (χ2v) is 9.86. The Morgan fingerprint density at radius 1 is 0.921 bits per heavy atom. The largest absolute Gasteiger partial charge is 0.459 e. The quantitative estimate of drug-likeness (QED) is 0.374. The molecule has 1 aliphatic heterocycles. The maximum atomic E-state index is 13.4. The molecule has 4 heterocycles. The Kier molecular flexibility index (Phi) is 7.09. The molecule has 1 fully saturated rings. The van der Waals surface area contributed by atoms with Crippen molar-refractivity contribution in [2.24, 2.45) is 0 Å². The molecule has 1 saturated heterocycles. The monoisotopic (exact) mass is 514 g/mol. The van der Waals surface area contributed by atoms with E-state index >= 15 is 0 Å². The maximum absolute atomic E-state index is 13.4. The summed E-state index contributed by atoms with van der Waals surface area (Å²) in [5.41, 5.74) is 4.77. The van der Waals surface area contributed by atoms with Crippen LogP contribution in [0.3, 0.4) is 0 Å². The van der Waals surface area contributed by atoms with Gasteiger partial charge in [-0.25, -0.2) is 4.98 Å². The van der Waals surface area contributed by atoms with E-state index in [0.717, 1.165) is 35.8 Å². The maximum Gasteiger partial charge on any atom is 0.289 e. The zero-order valence-electron chi connectivity index (χ0n) is 22.4. The number of aromatic nitrogens is 2. The Balaban J connectivity index is 1.33. The van der Waals surface area contributed by atoms with Gasteiger partial charge in [0, 0.05) is 65.8 Å². The van der Waals surface area contributed by atoms with E-state index in [1.165, 1.54) is 11.8 Å². The number of carbonyl (C=O) groups excluding carboxylic acids is 2. The van der Waals surface area contributed by atoms with Crippen molar-refractivity contribution in [3.8, 4) is 0 Å². The van der Waals surface area contributed by atoms with Crippen LogP contribution in [0.4, 0.5) is 11.5 Å². The van der Waals surface area contributed by atoms with Crippen molar-refractivity contribution in [1.29, 1.82) is 0 Å². The summed E-state index contributed by atoms with van der Waals surface area (Å²) < 4.78 is 7.27. The highest BCUT2D eigenvalue weighted by Crippen LogP contribution is 2.26. The summed E-state index contributed by atoms with van der Waals surface area (Å²) >= 11 is 0. The van der Waals surface area contributed by atoms with E-state index in [1.807, 2.05) is 36.8 Å². The van der Waals surface area contributed by atoms with Gasteiger partial charge in [0.15, 0.2) is 5.76 Å². The molecule has 38 heavy (non-hydrogen) atoms. The summed E-state index contributed by atoms with van der Waals surface area (Å²) in [6, 6.07) is 15.7. The van der Waals surface area contributed by atoms with E-state index in [9.17, 15) is 9.59 Å². The highest BCUT2D eigenvalue weighted by Gasteiger charge is 2.27. The van der Waals surface area contributed by atoms with Crippen LogP contribution >= 0.6 is 0 Å². The first kappa shape index (κ1) is 25.4. The van der Waals surface area contributed by atoms with Gasteiger partial charge in [0.05, 0.1) is 17.5 Å². The lowest BCUT2D eigenvalue weighted by atomic mass is 10.2. The zero-order chi connectivity index (χ0) is 26.8. The fourth-order valence-corrected chi connectivity index (χ4v) is 4.95. The number of nitrogens with zero attached hydrogens (tertiary/aromatic N) is 6. The number of rotatable bonds is 7. The molecule has 198 valence electrons. The number of fused-ring (bicyclic) bond motifs is 1. The van der Waals surface area contributed by atoms with E-state index in [4.69, 9.17) is 9.40 Å².